The summed E-state index contributed by atoms with van der Waals surface area (Å²) in [5.74, 6) is -1.71. The molecule has 0 fully saturated rings. The first-order chi connectivity index (χ1) is 13.3. The summed E-state index contributed by atoms with van der Waals surface area (Å²) in [5.41, 5.74) is -2.18. The summed E-state index contributed by atoms with van der Waals surface area (Å²) in [6.07, 6.45) is -0.936. The molecule has 0 radical (unpaired) electrons. The van der Waals surface area contributed by atoms with Crippen molar-refractivity contribution in [3.63, 3.8) is 0 Å². The van der Waals surface area contributed by atoms with Gasteiger partial charge < -0.3 is 24.8 Å². The van der Waals surface area contributed by atoms with Crippen LogP contribution in [-0.2, 0) is 28.6 Å². The molecule has 0 aliphatic rings. The molecule has 0 saturated carbocycles. The fourth-order valence-electron chi connectivity index (χ4n) is 2.11. The van der Waals surface area contributed by atoms with Gasteiger partial charge in [0.1, 0.15) is 28.9 Å². The van der Waals surface area contributed by atoms with Gasteiger partial charge in [0.2, 0.25) is 5.91 Å². The Bertz CT molecular complexity index is 625. The van der Waals surface area contributed by atoms with E-state index in [1.807, 2.05) is 0 Å². The summed E-state index contributed by atoms with van der Waals surface area (Å²) in [7, 11) is 0. The third kappa shape index (κ3) is 13.8. The quantitative estimate of drug-likeness (QED) is 0.471. The van der Waals surface area contributed by atoms with Crippen molar-refractivity contribution < 1.29 is 33.4 Å². The van der Waals surface area contributed by atoms with E-state index in [9.17, 15) is 19.2 Å². The Morgan fingerprint density at radius 1 is 0.700 bits per heavy atom. The van der Waals surface area contributed by atoms with E-state index in [0.29, 0.717) is 0 Å². The van der Waals surface area contributed by atoms with Gasteiger partial charge >= 0.3 is 18.0 Å². The molecule has 9 nitrogen and oxygen atoms in total. The van der Waals surface area contributed by atoms with Gasteiger partial charge in [0.05, 0.1) is 0 Å². The van der Waals surface area contributed by atoms with E-state index in [1.165, 1.54) is 6.92 Å². The zero-order valence-electron chi connectivity index (χ0n) is 19.9. The van der Waals surface area contributed by atoms with E-state index < -0.39 is 52.8 Å². The molecule has 0 spiro atoms. The minimum Gasteiger partial charge on any atom is -0.458 e. The number of alkyl carbamates (subject to hydrolysis) is 1. The van der Waals surface area contributed by atoms with Crippen molar-refractivity contribution in [2.45, 2.75) is 111 Å². The van der Waals surface area contributed by atoms with Gasteiger partial charge in [-0.2, -0.15) is 0 Å². The highest BCUT2D eigenvalue weighted by Crippen LogP contribution is 2.13. The van der Waals surface area contributed by atoms with Crippen LogP contribution in [0.5, 0.6) is 0 Å². The molecule has 0 aromatic rings. The first-order valence-electron chi connectivity index (χ1n) is 10.0. The second kappa shape index (κ2) is 10.6. The van der Waals surface area contributed by atoms with Crippen molar-refractivity contribution in [2.75, 3.05) is 0 Å². The molecular formula is C21H38N2O7. The van der Waals surface area contributed by atoms with Gasteiger partial charge in [-0.3, -0.25) is 4.79 Å². The smallest absolute Gasteiger partial charge is 0.408 e. The van der Waals surface area contributed by atoms with Crippen LogP contribution in [0.3, 0.4) is 0 Å². The zero-order chi connectivity index (χ0) is 23.9. The van der Waals surface area contributed by atoms with Gasteiger partial charge in [-0.05, 0) is 75.7 Å². The fourth-order valence-corrected chi connectivity index (χ4v) is 2.11. The van der Waals surface area contributed by atoms with Crippen LogP contribution in [-0.4, -0.2) is 52.8 Å². The molecule has 2 amide bonds. The highest BCUT2D eigenvalue weighted by molar-refractivity contribution is 5.86. The molecule has 2 atom stereocenters. The van der Waals surface area contributed by atoms with E-state index in [1.54, 1.807) is 62.3 Å². The molecule has 2 N–H and O–H groups in total. The van der Waals surface area contributed by atoms with E-state index in [2.05, 4.69) is 10.6 Å². The van der Waals surface area contributed by atoms with E-state index in [4.69, 9.17) is 14.2 Å². The van der Waals surface area contributed by atoms with Crippen LogP contribution in [0.4, 0.5) is 4.79 Å². The molecule has 0 bridgehead atoms. The number of hydrogen-bond acceptors (Lipinski definition) is 7. The van der Waals surface area contributed by atoms with Crippen LogP contribution >= 0.6 is 0 Å². The summed E-state index contributed by atoms with van der Waals surface area (Å²) >= 11 is 0. The van der Waals surface area contributed by atoms with Gasteiger partial charge in [-0.15, -0.1) is 0 Å². The highest BCUT2D eigenvalue weighted by atomic mass is 16.6. The zero-order valence-corrected chi connectivity index (χ0v) is 19.9. The Morgan fingerprint density at radius 3 is 1.57 bits per heavy atom. The Morgan fingerprint density at radius 2 is 1.13 bits per heavy atom. The number of ether oxygens (including phenoxy) is 3. The summed E-state index contributed by atoms with van der Waals surface area (Å²) < 4.78 is 15.7. The predicted molar refractivity (Wildman–Crippen MR) is 112 cm³/mol. The number of carbonyl (C=O) groups excluding carboxylic acids is 4. The lowest BCUT2D eigenvalue weighted by Gasteiger charge is -2.26. The molecule has 0 rings (SSSR count). The Hall–Kier alpha value is -2.32. The maximum atomic E-state index is 12.5. The molecule has 0 aliphatic heterocycles. The first-order valence-corrected chi connectivity index (χ1v) is 10.0. The second-order valence-electron chi connectivity index (χ2n) is 10.1. The molecule has 0 aliphatic carbocycles. The van der Waals surface area contributed by atoms with Crippen molar-refractivity contribution in [1.82, 2.24) is 10.6 Å². The molecule has 9 heteroatoms. The van der Waals surface area contributed by atoms with E-state index in [0.717, 1.165) is 0 Å². The molecule has 0 saturated heterocycles. The number of hydrogen-bond donors (Lipinski definition) is 2. The molecule has 0 unspecified atom stereocenters. The number of rotatable bonds is 7. The van der Waals surface area contributed by atoms with Gasteiger partial charge in [-0.25, -0.2) is 14.4 Å². The van der Waals surface area contributed by atoms with Gasteiger partial charge in [0, 0.05) is 6.42 Å². The second-order valence-corrected chi connectivity index (χ2v) is 10.1. The highest BCUT2D eigenvalue weighted by Gasteiger charge is 2.30. The standard InChI is InChI=1S/C21H38N2O7/c1-13(16(25)28-19(2,3)4)22-15(24)12-11-14(17(26)29-20(5,6)7)23-18(27)30-21(8,9)10/h13-14H,11-12H2,1-10H3,(H,22,24)(H,23,27)/t13-,14-/m0/s1. The maximum Gasteiger partial charge on any atom is 0.408 e. The number of esters is 2. The largest absolute Gasteiger partial charge is 0.458 e. The van der Waals surface area contributed by atoms with Crippen molar-refractivity contribution in [3.05, 3.63) is 0 Å². The summed E-state index contributed by atoms with van der Waals surface area (Å²) in [4.78, 5) is 48.8. The van der Waals surface area contributed by atoms with Crippen molar-refractivity contribution in [3.8, 4) is 0 Å². The van der Waals surface area contributed by atoms with Crippen molar-refractivity contribution in [1.29, 1.82) is 0 Å². The molecule has 0 aromatic carbocycles. The van der Waals surface area contributed by atoms with E-state index >= 15 is 0 Å². The number of amides is 2. The molecule has 0 aromatic heterocycles. The minimum atomic E-state index is -1.08. The molecule has 174 valence electrons. The summed E-state index contributed by atoms with van der Waals surface area (Å²) in [6, 6.07) is -1.93. The van der Waals surface area contributed by atoms with Crippen molar-refractivity contribution >= 4 is 23.9 Å². The maximum absolute atomic E-state index is 12.5. The minimum absolute atomic E-state index is 0.0268. The molecule has 30 heavy (non-hydrogen) atoms. The fraction of sp³-hybridized carbons (Fsp3) is 0.810. The number of nitrogens with one attached hydrogen (secondary N) is 2. The number of carbonyl (C=O) groups is 4. The third-order valence-electron chi connectivity index (χ3n) is 3.18. The third-order valence-corrected chi connectivity index (χ3v) is 3.18. The molecule has 0 heterocycles. The van der Waals surface area contributed by atoms with Crippen LogP contribution < -0.4 is 10.6 Å². The van der Waals surface area contributed by atoms with Crippen LogP contribution in [0.2, 0.25) is 0 Å². The predicted octanol–water partition coefficient (Wildman–Crippen LogP) is 2.85. The lowest BCUT2D eigenvalue weighted by molar-refractivity contribution is -0.159. The average molecular weight is 431 g/mol. The Labute approximate surface area is 179 Å². The SMILES string of the molecule is C[C@H](NC(=O)CC[C@H](NC(=O)OC(C)(C)C)C(=O)OC(C)(C)C)C(=O)OC(C)(C)C. The topological polar surface area (TPSA) is 120 Å². The van der Waals surface area contributed by atoms with Crippen molar-refractivity contribution in [2.24, 2.45) is 0 Å². The lowest BCUT2D eigenvalue weighted by atomic mass is 10.1. The summed E-state index contributed by atoms with van der Waals surface area (Å²) in [6.45, 7) is 16.9. The molecular weight excluding hydrogens is 392 g/mol. The lowest BCUT2D eigenvalue weighted by Crippen LogP contribution is -2.47. The first kappa shape index (κ1) is 27.7. The Kier molecular flexibility index (Phi) is 9.81. The summed E-state index contributed by atoms with van der Waals surface area (Å²) in [5, 5.41) is 4.98. The van der Waals surface area contributed by atoms with Crippen LogP contribution in [0.25, 0.3) is 0 Å². The van der Waals surface area contributed by atoms with Gasteiger partial charge in [-0.1, -0.05) is 0 Å². The monoisotopic (exact) mass is 430 g/mol. The van der Waals surface area contributed by atoms with Crippen LogP contribution in [0.1, 0.15) is 82.1 Å². The normalized spacial score (nSPS) is 14.2. The Balaban J connectivity index is 4.97. The van der Waals surface area contributed by atoms with Gasteiger partial charge in [0.15, 0.2) is 0 Å². The average Bonchev–Trinajstić information content (AvgIpc) is 2.45. The van der Waals surface area contributed by atoms with Crippen LogP contribution in [0.15, 0.2) is 0 Å². The van der Waals surface area contributed by atoms with Gasteiger partial charge in [0.25, 0.3) is 0 Å². The van der Waals surface area contributed by atoms with Crippen LogP contribution in [0, 0.1) is 0 Å². The van der Waals surface area contributed by atoms with E-state index in [-0.39, 0.29) is 12.8 Å².